The summed E-state index contributed by atoms with van der Waals surface area (Å²) in [6, 6.07) is 12.4. The lowest BCUT2D eigenvalue weighted by Gasteiger charge is -2.01. The topological polar surface area (TPSA) is 41.5 Å². The van der Waals surface area contributed by atoms with Gasteiger partial charge in [0, 0.05) is 9.92 Å². The van der Waals surface area contributed by atoms with Crippen molar-refractivity contribution in [2.45, 2.75) is 4.90 Å². The molecule has 0 heterocycles. The number of hydrazone groups is 1. The SMILES string of the molecule is O=C(CSc1ccc(Cl)cc1)N/N=C/c1ccc(Cl)c(Cl)c1. The normalized spacial score (nSPS) is 10.9. The molecule has 0 aliphatic carbocycles. The smallest absolute Gasteiger partial charge is 0.250 e. The number of carbonyl (C=O) groups excluding carboxylic acids is 1. The molecule has 7 heteroatoms. The molecule has 0 aromatic heterocycles. The average molecular weight is 374 g/mol. The highest BCUT2D eigenvalue weighted by molar-refractivity contribution is 8.00. The number of hydrogen-bond acceptors (Lipinski definition) is 3. The van der Waals surface area contributed by atoms with E-state index < -0.39 is 0 Å². The van der Waals surface area contributed by atoms with E-state index in [1.54, 1.807) is 30.3 Å². The Morgan fingerprint density at radius 2 is 1.82 bits per heavy atom. The van der Waals surface area contributed by atoms with E-state index in [2.05, 4.69) is 10.5 Å². The van der Waals surface area contributed by atoms with Gasteiger partial charge in [-0.2, -0.15) is 5.10 Å². The van der Waals surface area contributed by atoms with Crippen LogP contribution in [-0.2, 0) is 4.79 Å². The molecule has 2 rings (SSSR count). The van der Waals surface area contributed by atoms with Crippen LogP contribution in [-0.4, -0.2) is 17.9 Å². The Bertz CT molecular complexity index is 690. The van der Waals surface area contributed by atoms with Crippen LogP contribution in [0.3, 0.4) is 0 Å². The van der Waals surface area contributed by atoms with Gasteiger partial charge in [0.1, 0.15) is 0 Å². The van der Waals surface area contributed by atoms with E-state index in [0.717, 1.165) is 10.5 Å². The number of hydrogen-bond donors (Lipinski definition) is 1. The van der Waals surface area contributed by atoms with Gasteiger partial charge in [-0.3, -0.25) is 4.79 Å². The van der Waals surface area contributed by atoms with Crippen molar-refractivity contribution in [1.82, 2.24) is 5.43 Å². The van der Waals surface area contributed by atoms with Crippen LogP contribution in [0.2, 0.25) is 15.1 Å². The van der Waals surface area contributed by atoms with E-state index in [-0.39, 0.29) is 11.7 Å². The number of halogens is 3. The quantitative estimate of drug-likeness (QED) is 0.460. The number of amides is 1. The van der Waals surface area contributed by atoms with E-state index in [4.69, 9.17) is 34.8 Å². The molecular weight excluding hydrogens is 363 g/mol. The van der Waals surface area contributed by atoms with Crippen LogP contribution < -0.4 is 5.43 Å². The third kappa shape index (κ3) is 5.54. The zero-order valence-electron chi connectivity index (χ0n) is 11.2. The van der Waals surface area contributed by atoms with Gasteiger partial charge >= 0.3 is 0 Å². The first-order valence-electron chi connectivity index (χ1n) is 6.20. The van der Waals surface area contributed by atoms with Crippen molar-refractivity contribution in [3.05, 3.63) is 63.1 Å². The summed E-state index contributed by atoms with van der Waals surface area (Å²) >= 11 is 18.9. The minimum atomic E-state index is -0.198. The van der Waals surface area contributed by atoms with Gasteiger partial charge in [0.2, 0.25) is 5.91 Å². The number of nitrogens with one attached hydrogen (secondary N) is 1. The second-order valence-corrected chi connectivity index (χ2v) is 6.51. The second kappa shape index (κ2) is 8.44. The summed E-state index contributed by atoms with van der Waals surface area (Å²) in [4.78, 5) is 12.6. The first kappa shape index (κ1) is 17.2. The fourth-order valence-electron chi connectivity index (χ4n) is 1.48. The van der Waals surface area contributed by atoms with Crippen molar-refractivity contribution in [3.8, 4) is 0 Å². The lowest BCUT2D eigenvalue weighted by Crippen LogP contribution is -2.19. The summed E-state index contributed by atoms with van der Waals surface area (Å²) in [5.41, 5.74) is 3.20. The van der Waals surface area contributed by atoms with Crippen molar-refractivity contribution in [2.75, 3.05) is 5.75 Å². The van der Waals surface area contributed by atoms with Crippen molar-refractivity contribution >= 4 is 58.7 Å². The third-order valence-corrected chi connectivity index (χ3v) is 4.53. The minimum Gasteiger partial charge on any atom is -0.272 e. The van der Waals surface area contributed by atoms with Crippen molar-refractivity contribution in [3.63, 3.8) is 0 Å². The van der Waals surface area contributed by atoms with Crippen molar-refractivity contribution < 1.29 is 4.79 Å². The van der Waals surface area contributed by atoms with Gasteiger partial charge < -0.3 is 0 Å². The summed E-state index contributed by atoms with van der Waals surface area (Å²) in [7, 11) is 0. The molecule has 1 amide bonds. The van der Waals surface area contributed by atoms with Crippen LogP contribution in [0.15, 0.2) is 52.5 Å². The zero-order valence-corrected chi connectivity index (χ0v) is 14.3. The molecule has 0 spiro atoms. The molecule has 0 unspecified atom stereocenters. The Morgan fingerprint density at radius 1 is 1.09 bits per heavy atom. The van der Waals surface area contributed by atoms with Gasteiger partial charge in [-0.15, -0.1) is 11.8 Å². The molecule has 0 radical (unpaired) electrons. The number of nitrogens with zero attached hydrogens (tertiary/aromatic N) is 1. The van der Waals surface area contributed by atoms with Crippen LogP contribution in [0.1, 0.15) is 5.56 Å². The average Bonchev–Trinajstić information content (AvgIpc) is 2.50. The van der Waals surface area contributed by atoms with E-state index in [1.165, 1.54) is 18.0 Å². The number of thioether (sulfide) groups is 1. The molecule has 114 valence electrons. The molecular formula is C15H11Cl3N2OS. The minimum absolute atomic E-state index is 0.198. The monoisotopic (exact) mass is 372 g/mol. The molecule has 0 atom stereocenters. The highest BCUT2D eigenvalue weighted by Gasteiger charge is 2.02. The Kier molecular flexibility index (Phi) is 6.58. The number of carbonyl (C=O) groups is 1. The first-order chi connectivity index (χ1) is 10.5. The highest BCUT2D eigenvalue weighted by Crippen LogP contribution is 2.22. The largest absolute Gasteiger partial charge is 0.272 e. The molecule has 0 fully saturated rings. The first-order valence-corrected chi connectivity index (χ1v) is 8.32. The Labute approximate surface area is 147 Å². The number of rotatable bonds is 5. The highest BCUT2D eigenvalue weighted by atomic mass is 35.5. The van der Waals surface area contributed by atoms with Crippen LogP contribution in [0.4, 0.5) is 0 Å². The van der Waals surface area contributed by atoms with Crippen molar-refractivity contribution in [1.29, 1.82) is 0 Å². The molecule has 2 aromatic rings. The van der Waals surface area contributed by atoms with Gasteiger partial charge in [0.15, 0.2) is 0 Å². The third-order valence-electron chi connectivity index (χ3n) is 2.53. The van der Waals surface area contributed by atoms with E-state index in [9.17, 15) is 4.79 Å². The second-order valence-electron chi connectivity index (χ2n) is 4.21. The summed E-state index contributed by atoms with van der Waals surface area (Å²) in [6.07, 6.45) is 1.51. The Hall–Kier alpha value is -1.20. The maximum absolute atomic E-state index is 11.7. The maximum atomic E-state index is 11.7. The maximum Gasteiger partial charge on any atom is 0.250 e. The predicted octanol–water partition coefficient (Wildman–Crippen LogP) is 4.89. The molecule has 3 nitrogen and oxygen atoms in total. The molecule has 1 N–H and O–H groups in total. The van der Waals surface area contributed by atoms with Gasteiger partial charge in [0.05, 0.1) is 22.0 Å². The van der Waals surface area contributed by atoms with Crippen LogP contribution in [0.5, 0.6) is 0 Å². The molecule has 0 bridgehead atoms. The standard InChI is InChI=1S/C15H11Cl3N2OS/c16-11-2-4-12(5-3-11)22-9-15(21)20-19-8-10-1-6-13(17)14(18)7-10/h1-8H,9H2,(H,20,21)/b19-8+. The fraction of sp³-hybridized carbons (Fsp3) is 0.0667. The zero-order chi connectivity index (χ0) is 15.9. The summed E-state index contributed by atoms with van der Waals surface area (Å²) < 4.78 is 0. The summed E-state index contributed by atoms with van der Waals surface area (Å²) in [5.74, 6) is 0.0663. The van der Waals surface area contributed by atoms with Crippen LogP contribution in [0, 0.1) is 0 Å². The summed E-state index contributed by atoms with van der Waals surface area (Å²) in [5, 5.41) is 5.46. The molecule has 0 saturated heterocycles. The van der Waals surface area contributed by atoms with Crippen LogP contribution >= 0.6 is 46.6 Å². The van der Waals surface area contributed by atoms with Gasteiger partial charge in [-0.25, -0.2) is 5.43 Å². The lowest BCUT2D eigenvalue weighted by atomic mass is 10.2. The number of benzene rings is 2. The molecule has 0 aliphatic heterocycles. The lowest BCUT2D eigenvalue weighted by molar-refractivity contribution is -0.118. The van der Waals surface area contributed by atoms with E-state index >= 15 is 0 Å². The molecule has 2 aromatic carbocycles. The molecule has 22 heavy (non-hydrogen) atoms. The summed E-state index contributed by atoms with van der Waals surface area (Å²) in [6.45, 7) is 0. The fourth-order valence-corrected chi connectivity index (χ4v) is 2.61. The van der Waals surface area contributed by atoms with Crippen LogP contribution in [0.25, 0.3) is 0 Å². The van der Waals surface area contributed by atoms with E-state index in [0.29, 0.717) is 15.1 Å². The van der Waals surface area contributed by atoms with Crippen molar-refractivity contribution in [2.24, 2.45) is 5.10 Å². The Balaban J connectivity index is 1.80. The van der Waals surface area contributed by atoms with Gasteiger partial charge in [-0.1, -0.05) is 40.9 Å². The molecule has 0 saturated carbocycles. The van der Waals surface area contributed by atoms with E-state index in [1.807, 2.05) is 12.1 Å². The van der Waals surface area contributed by atoms with Gasteiger partial charge in [0.25, 0.3) is 0 Å². The van der Waals surface area contributed by atoms with Gasteiger partial charge in [-0.05, 0) is 42.0 Å². The molecule has 0 aliphatic rings. The Morgan fingerprint density at radius 3 is 2.50 bits per heavy atom. The predicted molar refractivity (Wildman–Crippen MR) is 94.4 cm³/mol.